The predicted octanol–water partition coefficient (Wildman–Crippen LogP) is 4.11. The molecule has 0 unspecified atom stereocenters. The molecule has 0 atom stereocenters. The van der Waals surface area contributed by atoms with Crippen molar-refractivity contribution in [1.82, 2.24) is 5.32 Å². The number of hydrogen-bond donors (Lipinski definition) is 1. The molecule has 0 aliphatic carbocycles. The molecule has 0 spiro atoms. The molecule has 0 radical (unpaired) electrons. The zero-order valence-electron chi connectivity index (χ0n) is 10.2. The Balaban J connectivity index is -0.000000258. The smallest absolute Gasteiger partial charge is 0.102 e. The Morgan fingerprint density at radius 2 is 1.71 bits per heavy atom. The first-order chi connectivity index (χ1) is 6.89. The maximum Gasteiger partial charge on any atom is 0.102 e. The Hall–Kier alpha value is -1.05. The summed E-state index contributed by atoms with van der Waals surface area (Å²) in [5.74, 6) is 0.939. The molecule has 0 bridgehead atoms. The van der Waals surface area contributed by atoms with E-state index in [4.69, 9.17) is 0 Å². The number of nitrogens with zero attached hydrogens (tertiary/aromatic N) is 1. The topological polar surface area (TPSA) is 24.4 Å². The third kappa shape index (κ3) is 11.0. The van der Waals surface area contributed by atoms with E-state index in [-0.39, 0.29) is 1.43 Å². The second-order valence-corrected chi connectivity index (χ2v) is 2.22. The molecule has 0 aromatic heterocycles. The summed E-state index contributed by atoms with van der Waals surface area (Å²) in [6, 6.07) is 0. The zero-order chi connectivity index (χ0) is 11.2. The van der Waals surface area contributed by atoms with Crippen LogP contribution < -0.4 is 5.32 Å². The summed E-state index contributed by atoms with van der Waals surface area (Å²) in [4.78, 5) is 4.12. The van der Waals surface area contributed by atoms with Gasteiger partial charge in [-0.25, -0.2) is 4.99 Å². The second kappa shape index (κ2) is 14.5. The minimum absolute atomic E-state index is 0. The van der Waals surface area contributed by atoms with E-state index < -0.39 is 0 Å². The van der Waals surface area contributed by atoms with E-state index in [0.717, 1.165) is 18.7 Å². The lowest BCUT2D eigenvalue weighted by molar-refractivity contribution is 1.04. The van der Waals surface area contributed by atoms with Crippen LogP contribution in [-0.2, 0) is 0 Å². The average molecular weight is 198 g/mol. The van der Waals surface area contributed by atoms with Crippen molar-refractivity contribution in [1.29, 1.82) is 0 Å². The van der Waals surface area contributed by atoms with Gasteiger partial charge in [-0.1, -0.05) is 39.8 Å². The molecular weight excluding hydrogens is 172 g/mol. The first-order valence-electron chi connectivity index (χ1n) is 5.50. The summed E-state index contributed by atoms with van der Waals surface area (Å²) in [5, 5.41) is 3.04. The molecule has 2 nitrogen and oxygen atoms in total. The van der Waals surface area contributed by atoms with Gasteiger partial charge in [-0.2, -0.15) is 0 Å². The molecule has 14 heavy (non-hydrogen) atoms. The third-order valence-electron chi connectivity index (χ3n) is 1.28. The molecule has 0 fully saturated rings. The van der Waals surface area contributed by atoms with Crippen molar-refractivity contribution in [2.45, 2.75) is 47.5 Å². The molecule has 1 N–H and O–H groups in total. The number of nitrogens with one attached hydrogen (secondary N) is 1. The second-order valence-electron chi connectivity index (χ2n) is 2.22. The average Bonchev–Trinajstić information content (AvgIpc) is 2.38. The van der Waals surface area contributed by atoms with Gasteiger partial charge in [0.1, 0.15) is 5.84 Å². The van der Waals surface area contributed by atoms with E-state index in [2.05, 4.69) is 22.5 Å². The molecule has 0 aromatic carbocycles. The Kier molecular flexibility index (Phi) is 15.9. The molecule has 84 valence electrons. The van der Waals surface area contributed by atoms with Crippen LogP contribution in [0.3, 0.4) is 0 Å². The van der Waals surface area contributed by atoms with E-state index in [1.54, 1.807) is 0 Å². The quantitative estimate of drug-likeness (QED) is 0.622. The van der Waals surface area contributed by atoms with Crippen molar-refractivity contribution >= 4 is 5.84 Å². The number of amidine groups is 1. The van der Waals surface area contributed by atoms with Crippen LogP contribution in [0.25, 0.3) is 0 Å². The van der Waals surface area contributed by atoms with Gasteiger partial charge < -0.3 is 5.32 Å². The van der Waals surface area contributed by atoms with Crippen molar-refractivity contribution in [2.75, 3.05) is 0 Å². The monoisotopic (exact) mass is 198 g/mol. The van der Waals surface area contributed by atoms with Crippen LogP contribution in [0.2, 0.25) is 0 Å². The summed E-state index contributed by atoms with van der Waals surface area (Å²) in [7, 11) is 0. The summed E-state index contributed by atoms with van der Waals surface area (Å²) in [6.45, 7) is 9.94. The van der Waals surface area contributed by atoms with Gasteiger partial charge in [0.25, 0.3) is 0 Å². The lowest BCUT2D eigenvalue weighted by Crippen LogP contribution is -2.11. The summed E-state index contributed by atoms with van der Waals surface area (Å²) >= 11 is 0. The van der Waals surface area contributed by atoms with E-state index >= 15 is 0 Å². The third-order valence-corrected chi connectivity index (χ3v) is 1.28. The first-order valence-corrected chi connectivity index (χ1v) is 5.50. The molecule has 2 heteroatoms. The molecule has 0 saturated heterocycles. The highest BCUT2D eigenvalue weighted by molar-refractivity contribution is 5.80. The van der Waals surface area contributed by atoms with Crippen LogP contribution in [0.15, 0.2) is 29.5 Å². The van der Waals surface area contributed by atoms with Gasteiger partial charge in [-0.05, 0) is 26.0 Å². The number of allylic oxidation sites excluding steroid dienone is 2. The van der Waals surface area contributed by atoms with Crippen LogP contribution in [0.1, 0.15) is 48.9 Å². The highest BCUT2D eigenvalue weighted by Gasteiger charge is 1.84. The first kappa shape index (κ1) is 15.4. The van der Waals surface area contributed by atoms with Crippen LogP contribution in [0.5, 0.6) is 0 Å². The van der Waals surface area contributed by atoms with Crippen molar-refractivity contribution in [3.63, 3.8) is 0 Å². The molecule has 0 saturated carbocycles. The van der Waals surface area contributed by atoms with Crippen molar-refractivity contribution in [2.24, 2.45) is 4.99 Å². The Morgan fingerprint density at radius 3 is 2.36 bits per heavy atom. The van der Waals surface area contributed by atoms with Crippen molar-refractivity contribution in [3.8, 4) is 0 Å². The van der Waals surface area contributed by atoms with Gasteiger partial charge >= 0.3 is 0 Å². The van der Waals surface area contributed by atoms with Crippen molar-refractivity contribution in [3.05, 3.63) is 24.6 Å². The molecule has 1 heterocycles. The SMILES string of the molecule is CC.CC.CC1=N/C=C\CC/C=C\N1.[HH]. The normalized spacial score (nSPS) is 18.5. The fraction of sp³-hybridized carbons (Fsp3) is 0.583. The fourth-order valence-electron chi connectivity index (χ4n) is 0.732. The lowest BCUT2D eigenvalue weighted by atomic mass is 10.3. The maximum atomic E-state index is 4.12. The standard InChI is InChI=1S/C8H12N2.2C2H6.H2/c1-8-9-6-4-2-3-5-7-10-8;2*1-2;/h4-7H,2-3H2,1H3,(H,9,10);2*1-2H3;1H/b6-4-,7-5-;;;. The summed E-state index contributed by atoms with van der Waals surface area (Å²) in [5.41, 5.74) is 0. The van der Waals surface area contributed by atoms with Crippen LogP contribution in [-0.4, -0.2) is 5.84 Å². The Bertz CT molecular complexity index is 184. The van der Waals surface area contributed by atoms with Crippen LogP contribution in [0, 0.1) is 0 Å². The van der Waals surface area contributed by atoms with Gasteiger partial charge in [0, 0.05) is 7.63 Å². The Labute approximate surface area is 90.3 Å². The molecule has 1 aliphatic heterocycles. The number of hydrogen-bond acceptors (Lipinski definition) is 2. The minimum Gasteiger partial charge on any atom is -0.351 e. The van der Waals surface area contributed by atoms with Gasteiger partial charge in [-0.15, -0.1) is 0 Å². The van der Waals surface area contributed by atoms with Crippen LogP contribution in [0.4, 0.5) is 0 Å². The number of rotatable bonds is 0. The van der Waals surface area contributed by atoms with E-state index in [9.17, 15) is 0 Å². The minimum atomic E-state index is 0. The summed E-state index contributed by atoms with van der Waals surface area (Å²) < 4.78 is 0. The van der Waals surface area contributed by atoms with E-state index in [1.165, 1.54) is 0 Å². The number of aliphatic imine (C=N–C) groups is 1. The molecule has 1 aliphatic rings. The predicted molar refractivity (Wildman–Crippen MR) is 68.6 cm³/mol. The fourth-order valence-corrected chi connectivity index (χ4v) is 0.732. The molecular formula is C12H26N2. The van der Waals surface area contributed by atoms with E-state index in [1.807, 2.05) is 47.0 Å². The largest absolute Gasteiger partial charge is 0.351 e. The maximum absolute atomic E-state index is 4.12. The molecule has 1 rings (SSSR count). The van der Waals surface area contributed by atoms with Gasteiger partial charge in [0.05, 0.1) is 0 Å². The molecule has 0 amide bonds. The van der Waals surface area contributed by atoms with Gasteiger partial charge in [0.2, 0.25) is 0 Å². The van der Waals surface area contributed by atoms with Gasteiger partial charge in [0.15, 0.2) is 0 Å². The molecule has 0 aromatic rings. The summed E-state index contributed by atoms with van der Waals surface area (Å²) in [6.07, 6.45) is 10.1. The van der Waals surface area contributed by atoms with E-state index in [0.29, 0.717) is 0 Å². The Morgan fingerprint density at radius 1 is 1.14 bits per heavy atom. The van der Waals surface area contributed by atoms with Crippen LogP contribution >= 0.6 is 0 Å². The van der Waals surface area contributed by atoms with Crippen molar-refractivity contribution < 1.29 is 1.43 Å². The highest BCUT2D eigenvalue weighted by atomic mass is 15.0. The lowest BCUT2D eigenvalue weighted by Gasteiger charge is -1.93. The van der Waals surface area contributed by atoms with Gasteiger partial charge in [-0.3, -0.25) is 0 Å². The zero-order valence-corrected chi connectivity index (χ0v) is 10.2. The highest BCUT2D eigenvalue weighted by Crippen LogP contribution is 1.94.